The van der Waals surface area contributed by atoms with Gasteiger partial charge in [0.05, 0.1) is 0 Å². The van der Waals surface area contributed by atoms with Crippen molar-refractivity contribution in [1.29, 1.82) is 0 Å². The third-order valence-electron chi connectivity index (χ3n) is 5.08. The molecule has 1 unspecified atom stereocenters. The van der Waals surface area contributed by atoms with E-state index in [1.807, 2.05) is 12.1 Å². The van der Waals surface area contributed by atoms with Crippen LogP contribution >= 0.6 is 11.8 Å². The number of hydrogen-bond donors (Lipinski definition) is 2. The molecule has 0 aliphatic carbocycles. The van der Waals surface area contributed by atoms with Crippen molar-refractivity contribution in [2.75, 3.05) is 5.75 Å². The number of rotatable bonds is 9. The van der Waals surface area contributed by atoms with Crippen LogP contribution in [0.25, 0.3) is 0 Å². The van der Waals surface area contributed by atoms with Gasteiger partial charge in [-0.2, -0.15) is 0 Å². The van der Waals surface area contributed by atoms with Crippen LogP contribution in [0.1, 0.15) is 60.9 Å². The first kappa shape index (κ1) is 20.4. The molecule has 2 aliphatic rings. The smallest absolute Gasteiger partial charge is 0.303 e. The topological polar surface area (TPSA) is 104 Å². The van der Waals surface area contributed by atoms with Gasteiger partial charge in [-0.3, -0.25) is 24.5 Å². The fourth-order valence-electron chi connectivity index (χ4n) is 3.61. The summed E-state index contributed by atoms with van der Waals surface area (Å²) < 4.78 is 0. The minimum absolute atomic E-state index is 0.152. The Morgan fingerprint density at radius 3 is 2.71 bits per heavy atom. The molecule has 0 spiro atoms. The fourth-order valence-corrected chi connectivity index (χ4v) is 4.70. The SMILES string of the molecule is O=C(O)CCCCCCSc1cccc2c1CN(C1CCC(=O)NC1=O)C2=O. The first-order valence-electron chi connectivity index (χ1n) is 9.58. The second-order valence-corrected chi connectivity index (χ2v) is 8.23. The third-order valence-corrected chi connectivity index (χ3v) is 6.27. The van der Waals surface area contributed by atoms with Gasteiger partial charge < -0.3 is 10.0 Å². The van der Waals surface area contributed by atoms with E-state index >= 15 is 0 Å². The highest BCUT2D eigenvalue weighted by Gasteiger charge is 2.39. The Bertz CT molecular complexity index is 795. The summed E-state index contributed by atoms with van der Waals surface area (Å²) in [7, 11) is 0. The quantitative estimate of drug-likeness (QED) is 0.372. The number of thioether (sulfide) groups is 1. The molecule has 1 aromatic carbocycles. The highest BCUT2D eigenvalue weighted by Crippen LogP contribution is 2.34. The number of carboxylic acids is 1. The maximum absolute atomic E-state index is 12.8. The van der Waals surface area contributed by atoms with E-state index in [2.05, 4.69) is 5.32 Å². The largest absolute Gasteiger partial charge is 0.481 e. The molecule has 2 heterocycles. The summed E-state index contributed by atoms with van der Waals surface area (Å²) in [6, 6.07) is 5.05. The number of carbonyl (C=O) groups is 4. The van der Waals surface area contributed by atoms with Crippen molar-refractivity contribution in [2.24, 2.45) is 0 Å². The van der Waals surface area contributed by atoms with Crippen molar-refractivity contribution < 1.29 is 24.3 Å². The maximum Gasteiger partial charge on any atom is 0.303 e. The average molecular weight is 404 g/mol. The molecule has 7 nitrogen and oxygen atoms in total. The number of hydrogen-bond acceptors (Lipinski definition) is 5. The van der Waals surface area contributed by atoms with Crippen molar-refractivity contribution in [3.05, 3.63) is 29.3 Å². The summed E-state index contributed by atoms with van der Waals surface area (Å²) in [6.45, 7) is 0.391. The van der Waals surface area contributed by atoms with Gasteiger partial charge in [0.2, 0.25) is 11.8 Å². The average Bonchev–Trinajstić information content (AvgIpc) is 2.98. The molecule has 1 atom stereocenters. The molecular weight excluding hydrogens is 380 g/mol. The first-order chi connectivity index (χ1) is 13.5. The minimum atomic E-state index is -0.751. The molecule has 2 N–H and O–H groups in total. The Morgan fingerprint density at radius 1 is 1.18 bits per heavy atom. The Balaban J connectivity index is 1.56. The molecule has 0 radical (unpaired) electrons. The number of benzene rings is 1. The number of carboxylic acid groups (broad SMARTS) is 1. The summed E-state index contributed by atoms with van der Waals surface area (Å²) in [5, 5.41) is 11.0. The summed E-state index contributed by atoms with van der Waals surface area (Å²) in [5.74, 6) is -0.686. The predicted octanol–water partition coefficient (Wildman–Crippen LogP) is 2.57. The Labute approximate surface area is 167 Å². The second kappa shape index (κ2) is 9.23. The number of unbranched alkanes of at least 4 members (excludes halogenated alkanes) is 3. The van der Waals surface area contributed by atoms with Gasteiger partial charge in [-0.05, 0) is 42.7 Å². The summed E-state index contributed by atoms with van der Waals surface area (Å²) in [5.41, 5.74) is 1.59. The molecule has 8 heteroatoms. The van der Waals surface area contributed by atoms with E-state index in [4.69, 9.17) is 5.11 Å². The molecule has 1 saturated heterocycles. The van der Waals surface area contributed by atoms with Crippen LogP contribution in [0.15, 0.2) is 23.1 Å². The summed E-state index contributed by atoms with van der Waals surface area (Å²) in [4.78, 5) is 49.4. The van der Waals surface area contributed by atoms with Crippen LogP contribution in [0, 0.1) is 0 Å². The molecule has 1 aromatic rings. The number of aliphatic carboxylic acids is 1. The normalized spacial score (nSPS) is 18.9. The van der Waals surface area contributed by atoms with Crippen molar-refractivity contribution >= 4 is 35.5 Å². The van der Waals surface area contributed by atoms with Crippen LogP contribution in [0.3, 0.4) is 0 Å². The molecule has 0 aromatic heterocycles. The van der Waals surface area contributed by atoms with Crippen LogP contribution < -0.4 is 5.32 Å². The van der Waals surface area contributed by atoms with E-state index in [-0.39, 0.29) is 24.7 Å². The van der Waals surface area contributed by atoms with Crippen molar-refractivity contribution in [3.63, 3.8) is 0 Å². The molecule has 0 saturated carbocycles. The number of imide groups is 1. The van der Waals surface area contributed by atoms with Gasteiger partial charge in [0.15, 0.2) is 0 Å². The molecule has 28 heavy (non-hydrogen) atoms. The monoisotopic (exact) mass is 404 g/mol. The van der Waals surface area contributed by atoms with Gasteiger partial charge in [0, 0.05) is 29.8 Å². The van der Waals surface area contributed by atoms with Crippen molar-refractivity contribution in [3.8, 4) is 0 Å². The van der Waals surface area contributed by atoms with Crippen LogP contribution in [0.2, 0.25) is 0 Å². The molecule has 3 rings (SSSR count). The Kier molecular flexibility index (Phi) is 6.72. The van der Waals surface area contributed by atoms with Gasteiger partial charge in [-0.15, -0.1) is 11.8 Å². The molecule has 150 valence electrons. The zero-order valence-electron chi connectivity index (χ0n) is 15.6. The predicted molar refractivity (Wildman–Crippen MR) is 104 cm³/mol. The van der Waals surface area contributed by atoms with Crippen LogP contribution in [-0.4, -0.2) is 45.5 Å². The molecule has 0 bridgehead atoms. The summed E-state index contributed by atoms with van der Waals surface area (Å²) >= 11 is 1.69. The van der Waals surface area contributed by atoms with Crippen LogP contribution in [-0.2, 0) is 20.9 Å². The second-order valence-electron chi connectivity index (χ2n) is 7.09. The van der Waals surface area contributed by atoms with Gasteiger partial charge in [-0.25, -0.2) is 0 Å². The lowest BCUT2D eigenvalue weighted by atomic mass is 10.0. The Hall–Kier alpha value is -2.35. The standard InChI is InChI=1S/C20H24N2O5S/c23-17-10-9-15(19(26)21-17)22-12-14-13(20(22)27)6-5-7-16(14)28-11-4-2-1-3-8-18(24)25/h5-7,15H,1-4,8-12H2,(H,24,25)(H,21,23,26). The molecule has 3 amide bonds. The van der Waals surface area contributed by atoms with E-state index < -0.39 is 17.9 Å². The van der Waals surface area contributed by atoms with Crippen molar-refractivity contribution in [2.45, 2.75) is 62.4 Å². The zero-order chi connectivity index (χ0) is 20.1. The van der Waals surface area contributed by atoms with E-state index in [0.717, 1.165) is 35.5 Å². The lowest BCUT2D eigenvalue weighted by Gasteiger charge is -2.29. The number of carbonyl (C=O) groups excluding carboxylic acids is 3. The van der Waals surface area contributed by atoms with Gasteiger partial charge in [0.1, 0.15) is 6.04 Å². The van der Waals surface area contributed by atoms with Crippen molar-refractivity contribution in [1.82, 2.24) is 10.2 Å². The zero-order valence-corrected chi connectivity index (χ0v) is 16.4. The maximum atomic E-state index is 12.8. The number of piperidine rings is 1. The highest BCUT2D eigenvalue weighted by molar-refractivity contribution is 7.99. The van der Waals surface area contributed by atoms with E-state index in [1.165, 1.54) is 0 Å². The number of fused-ring (bicyclic) bond motifs is 1. The fraction of sp³-hybridized carbons (Fsp3) is 0.500. The summed E-state index contributed by atoms with van der Waals surface area (Å²) in [6.07, 6.45) is 4.41. The lowest BCUT2D eigenvalue weighted by molar-refractivity contribution is -0.138. The molecular formula is C20H24N2O5S. The van der Waals surface area contributed by atoms with Gasteiger partial charge in [-0.1, -0.05) is 18.9 Å². The Morgan fingerprint density at radius 2 is 1.96 bits per heavy atom. The molecule has 1 fully saturated rings. The van der Waals surface area contributed by atoms with E-state index in [1.54, 1.807) is 22.7 Å². The van der Waals surface area contributed by atoms with E-state index in [0.29, 0.717) is 24.9 Å². The van der Waals surface area contributed by atoms with Crippen LogP contribution in [0.4, 0.5) is 0 Å². The lowest BCUT2D eigenvalue weighted by Crippen LogP contribution is -2.52. The van der Waals surface area contributed by atoms with Gasteiger partial charge in [0.25, 0.3) is 5.91 Å². The van der Waals surface area contributed by atoms with Crippen LogP contribution in [0.5, 0.6) is 0 Å². The van der Waals surface area contributed by atoms with E-state index in [9.17, 15) is 19.2 Å². The molecule has 2 aliphatic heterocycles. The number of nitrogens with one attached hydrogen (secondary N) is 1. The number of nitrogens with zero attached hydrogens (tertiary/aromatic N) is 1. The van der Waals surface area contributed by atoms with Gasteiger partial charge >= 0.3 is 5.97 Å². The number of amides is 3. The first-order valence-corrected chi connectivity index (χ1v) is 10.6. The minimum Gasteiger partial charge on any atom is -0.481 e. The third kappa shape index (κ3) is 4.73. The highest BCUT2D eigenvalue weighted by atomic mass is 32.2.